The Balaban J connectivity index is 3.41. The normalized spacial score (nSPS) is 12.9. The second-order valence-electron chi connectivity index (χ2n) is 25.3. The molecule has 0 saturated carbocycles. The van der Waals surface area contributed by atoms with Crippen molar-refractivity contribution in [2.24, 2.45) is 0 Å². The molecule has 1 amide bonds. The van der Waals surface area contributed by atoms with Crippen LogP contribution in [0.15, 0.2) is 60.8 Å². The molecule has 0 saturated heterocycles. The molecule has 6 nitrogen and oxygen atoms in total. The van der Waals surface area contributed by atoms with Crippen molar-refractivity contribution in [1.82, 2.24) is 5.32 Å². The average Bonchev–Trinajstić information content (AvgIpc) is 3.48. The van der Waals surface area contributed by atoms with Gasteiger partial charge in [-0.2, -0.15) is 0 Å². The molecular formula is C77H143NO5. The topological polar surface area (TPSA) is 95.9 Å². The van der Waals surface area contributed by atoms with E-state index in [1.54, 1.807) is 6.08 Å². The minimum atomic E-state index is -0.845. The highest BCUT2D eigenvalue weighted by Crippen LogP contribution is 2.18. The summed E-state index contributed by atoms with van der Waals surface area (Å²) in [6, 6.07) is -0.629. The van der Waals surface area contributed by atoms with Crippen LogP contribution in [0, 0.1) is 0 Å². The van der Waals surface area contributed by atoms with Crippen LogP contribution in [0.2, 0.25) is 0 Å². The van der Waals surface area contributed by atoms with Crippen LogP contribution >= 0.6 is 0 Å². The molecule has 0 aliphatic carbocycles. The van der Waals surface area contributed by atoms with E-state index < -0.39 is 12.1 Å². The standard InChI is InChI=1S/C77H143NO5/c1-3-5-7-9-11-13-15-17-19-21-39-43-47-51-55-59-63-67-71-77(82)83-72-68-64-60-56-52-48-44-40-36-34-32-30-28-26-24-22-23-25-27-29-31-33-35-38-42-46-50-54-58-62-66-70-76(81)78-74(73-79)75(80)69-65-61-57-53-49-45-41-37-20-18-16-14-12-10-8-6-4-2/h13,15,19,21,24,26,30,32,65,69,74-75,79-80H,3-12,14,16-18,20,22-23,25,27-29,31,33-64,66-68,70-73H2,1-2H3,(H,78,81)/b15-13-,21-19-,26-24-,32-30-,69-65+. The van der Waals surface area contributed by atoms with Crippen LogP contribution in [0.3, 0.4) is 0 Å². The zero-order valence-electron chi connectivity index (χ0n) is 55.7. The Hall–Kier alpha value is -2.44. The van der Waals surface area contributed by atoms with Gasteiger partial charge in [0.15, 0.2) is 0 Å². The molecule has 0 bridgehead atoms. The summed E-state index contributed by atoms with van der Waals surface area (Å²) in [6.45, 7) is 4.91. The molecule has 2 unspecified atom stereocenters. The number of esters is 1. The van der Waals surface area contributed by atoms with E-state index in [9.17, 15) is 19.8 Å². The van der Waals surface area contributed by atoms with E-state index in [-0.39, 0.29) is 18.5 Å². The van der Waals surface area contributed by atoms with E-state index >= 15 is 0 Å². The highest BCUT2D eigenvalue weighted by molar-refractivity contribution is 5.76. The summed E-state index contributed by atoms with van der Waals surface area (Å²) in [5, 5.41) is 23.2. The lowest BCUT2D eigenvalue weighted by molar-refractivity contribution is -0.143. The molecule has 2 atom stereocenters. The molecule has 0 fully saturated rings. The van der Waals surface area contributed by atoms with Crippen molar-refractivity contribution < 1.29 is 24.5 Å². The molecule has 486 valence electrons. The lowest BCUT2D eigenvalue weighted by Crippen LogP contribution is -2.45. The van der Waals surface area contributed by atoms with Crippen LogP contribution < -0.4 is 5.32 Å². The van der Waals surface area contributed by atoms with Gasteiger partial charge in [-0.3, -0.25) is 9.59 Å². The Kier molecular flexibility index (Phi) is 69.9. The number of aliphatic hydroxyl groups is 2. The first-order valence-electron chi connectivity index (χ1n) is 37.1. The number of hydrogen-bond donors (Lipinski definition) is 3. The summed E-state index contributed by atoms with van der Waals surface area (Å²) in [5.41, 5.74) is 0. The number of amides is 1. The number of ether oxygens (including phenoxy) is 1. The predicted molar refractivity (Wildman–Crippen MR) is 365 cm³/mol. The van der Waals surface area contributed by atoms with Gasteiger partial charge < -0.3 is 20.3 Å². The molecule has 0 heterocycles. The van der Waals surface area contributed by atoms with Gasteiger partial charge in [0.2, 0.25) is 5.91 Å². The smallest absolute Gasteiger partial charge is 0.305 e. The van der Waals surface area contributed by atoms with E-state index in [4.69, 9.17) is 4.74 Å². The lowest BCUT2D eigenvalue weighted by Gasteiger charge is -2.20. The van der Waals surface area contributed by atoms with E-state index in [0.29, 0.717) is 19.4 Å². The number of hydrogen-bond acceptors (Lipinski definition) is 5. The van der Waals surface area contributed by atoms with Crippen molar-refractivity contribution in [2.45, 2.75) is 405 Å². The number of unbranched alkanes of at least 4 members (excludes halogenated alkanes) is 50. The number of nitrogens with one attached hydrogen (secondary N) is 1. The van der Waals surface area contributed by atoms with Gasteiger partial charge >= 0.3 is 5.97 Å². The van der Waals surface area contributed by atoms with Crippen LogP contribution in [-0.4, -0.2) is 47.4 Å². The van der Waals surface area contributed by atoms with Gasteiger partial charge in [-0.15, -0.1) is 0 Å². The van der Waals surface area contributed by atoms with E-state index in [0.717, 1.165) is 57.8 Å². The lowest BCUT2D eigenvalue weighted by atomic mass is 10.0. The fraction of sp³-hybridized carbons (Fsp3) is 0.844. The number of carbonyl (C=O) groups is 2. The summed E-state index contributed by atoms with van der Waals surface area (Å²) in [4.78, 5) is 24.6. The zero-order valence-corrected chi connectivity index (χ0v) is 55.7. The van der Waals surface area contributed by atoms with E-state index in [1.165, 1.54) is 308 Å². The predicted octanol–water partition coefficient (Wildman–Crippen LogP) is 24.2. The molecule has 83 heavy (non-hydrogen) atoms. The Labute approximate surface area is 518 Å². The molecule has 0 aromatic carbocycles. The number of aliphatic hydroxyl groups excluding tert-OH is 2. The fourth-order valence-corrected chi connectivity index (χ4v) is 11.3. The number of allylic oxidation sites excluding steroid dienone is 9. The van der Waals surface area contributed by atoms with E-state index in [2.05, 4.69) is 67.8 Å². The Bertz CT molecular complexity index is 1430. The first-order chi connectivity index (χ1) is 41.0. The maximum atomic E-state index is 12.5. The highest BCUT2D eigenvalue weighted by Gasteiger charge is 2.18. The van der Waals surface area contributed by atoms with Crippen LogP contribution in [0.1, 0.15) is 393 Å². The van der Waals surface area contributed by atoms with Gasteiger partial charge in [-0.05, 0) is 96.3 Å². The molecule has 3 N–H and O–H groups in total. The molecule has 0 rings (SSSR count). The third-order valence-electron chi connectivity index (χ3n) is 17.0. The number of rotatable bonds is 69. The van der Waals surface area contributed by atoms with Crippen molar-refractivity contribution in [3.8, 4) is 0 Å². The second-order valence-corrected chi connectivity index (χ2v) is 25.3. The molecule has 6 heteroatoms. The van der Waals surface area contributed by atoms with Gasteiger partial charge in [0.1, 0.15) is 0 Å². The van der Waals surface area contributed by atoms with Crippen molar-refractivity contribution in [1.29, 1.82) is 0 Å². The Morgan fingerprint density at radius 3 is 0.928 bits per heavy atom. The largest absolute Gasteiger partial charge is 0.466 e. The third-order valence-corrected chi connectivity index (χ3v) is 17.0. The third kappa shape index (κ3) is 68.5. The molecule has 0 spiro atoms. The van der Waals surface area contributed by atoms with Crippen molar-refractivity contribution in [3.05, 3.63) is 60.8 Å². The molecule has 0 radical (unpaired) electrons. The molecule has 0 aromatic rings. The quantitative estimate of drug-likeness (QED) is 0.0320. The van der Waals surface area contributed by atoms with E-state index in [1.807, 2.05) is 6.08 Å². The maximum Gasteiger partial charge on any atom is 0.305 e. The van der Waals surface area contributed by atoms with Gasteiger partial charge in [0, 0.05) is 12.8 Å². The molecule has 0 aliphatic heterocycles. The van der Waals surface area contributed by atoms with Gasteiger partial charge in [-0.1, -0.05) is 344 Å². The van der Waals surface area contributed by atoms with Gasteiger partial charge in [0.25, 0.3) is 0 Å². The van der Waals surface area contributed by atoms with Crippen LogP contribution in [0.5, 0.6) is 0 Å². The van der Waals surface area contributed by atoms with Gasteiger partial charge in [0.05, 0.1) is 25.4 Å². The molecule has 0 aromatic heterocycles. The SMILES string of the molecule is CCCCCC/C=C\C/C=C\CCCCCCCCCC(=O)OCCCCCCCCCCC/C=C\C/C=C\CCCCCCCCCCCCCCCCCC(=O)NC(CO)C(O)/C=C/CCCCCCCCCCCCCCCCC. The fourth-order valence-electron chi connectivity index (χ4n) is 11.3. The van der Waals surface area contributed by atoms with Crippen LogP contribution in [-0.2, 0) is 14.3 Å². The highest BCUT2D eigenvalue weighted by atomic mass is 16.5. The molecule has 0 aliphatic rings. The average molecular weight is 1160 g/mol. The summed E-state index contributed by atoms with van der Waals surface area (Å²) >= 11 is 0. The van der Waals surface area contributed by atoms with Crippen molar-refractivity contribution >= 4 is 11.9 Å². The summed E-state index contributed by atoms with van der Waals surface area (Å²) < 4.78 is 5.50. The number of carbonyl (C=O) groups excluding carboxylic acids is 2. The van der Waals surface area contributed by atoms with Crippen LogP contribution in [0.25, 0.3) is 0 Å². The minimum absolute atomic E-state index is 0.00556. The van der Waals surface area contributed by atoms with Gasteiger partial charge in [-0.25, -0.2) is 0 Å². The minimum Gasteiger partial charge on any atom is -0.466 e. The maximum absolute atomic E-state index is 12.5. The summed E-state index contributed by atoms with van der Waals surface area (Å²) in [6.07, 6.45) is 96.0. The summed E-state index contributed by atoms with van der Waals surface area (Å²) in [5.74, 6) is -0.0596. The van der Waals surface area contributed by atoms with Crippen molar-refractivity contribution in [2.75, 3.05) is 13.2 Å². The molecular weight excluding hydrogens is 1020 g/mol. The first kappa shape index (κ1) is 80.6. The Morgan fingerprint density at radius 1 is 0.337 bits per heavy atom. The van der Waals surface area contributed by atoms with Crippen LogP contribution in [0.4, 0.5) is 0 Å². The summed E-state index contributed by atoms with van der Waals surface area (Å²) in [7, 11) is 0. The monoisotopic (exact) mass is 1160 g/mol. The van der Waals surface area contributed by atoms with Crippen molar-refractivity contribution in [3.63, 3.8) is 0 Å². The first-order valence-corrected chi connectivity index (χ1v) is 37.1. The Morgan fingerprint density at radius 2 is 0.602 bits per heavy atom. The zero-order chi connectivity index (χ0) is 59.9. The second kappa shape index (κ2) is 72.0.